The van der Waals surface area contributed by atoms with Gasteiger partial charge >= 0.3 is 0 Å². The van der Waals surface area contributed by atoms with Gasteiger partial charge in [-0.2, -0.15) is 9.69 Å². The third-order valence-corrected chi connectivity index (χ3v) is 4.97. The van der Waals surface area contributed by atoms with Crippen LogP contribution >= 0.6 is 11.6 Å². The number of nitrogens with zero attached hydrogens (tertiary/aromatic N) is 8. The van der Waals surface area contributed by atoms with Crippen molar-refractivity contribution in [1.82, 2.24) is 25.2 Å². The molecule has 1 aliphatic heterocycles. The van der Waals surface area contributed by atoms with Gasteiger partial charge in [-0.3, -0.25) is 0 Å². The minimum Gasteiger partial charge on any atom is -0.497 e. The van der Waals surface area contributed by atoms with E-state index >= 15 is 0 Å². The number of tetrazole rings is 1. The molecule has 2 heterocycles. The maximum Gasteiger partial charge on any atom is 0.202 e. The van der Waals surface area contributed by atoms with Gasteiger partial charge in [0.25, 0.3) is 0 Å². The number of anilines is 1. The molecule has 2 aromatic carbocycles. The van der Waals surface area contributed by atoms with Gasteiger partial charge in [0.15, 0.2) is 5.82 Å². The van der Waals surface area contributed by atoms with E-state index in [9.17, 15) is 0 Å². The van der Waals surface area contributed by atoms with E-state index in [0.717, 1.165) is 22.9 Å². The molecular formula is C20H21ClN8O2. The summed E-state index contributed by atoms with van der Waals surface area (Å²) in [6, 6.07) is 14.8. The molecule has 160 valence electrons. The van der Waals surface area contributed by atoms with Crippen molar-refractivity contribution in [3.05, 3.63) is 60.2 Å². The van der Waals surface area contributed by atoms with Crippen LogP contribution in [-0.4, -0.2) is 45.5 Å². The third-order valence-electron chi connectivity index (χ3n) is 4.63. The van der Waals surface area contributed by atoms with Crippen LogP contribution in [-0.2, 0) is 0 Å². The number of halogens is 1. The topological polar surface area (TPSA) is 93.3 Å². The fourth-order valence-electron chi connectivity index (χ4n) is 3.02. The molecule has 0 saturated carbocycles. The van der Waals surface area contributed by atoms with E-state index in [1.54, 1.807) is 28.9 Å². The van der Waals surface area contributed by atoms with Crippen molar-refractivity contribution in [1.29, 1.82) is 0 Å². The highest BCUT2D eigenvalue weighted by molar-refractivity contribution is 6.49. The van der Waals surface area contributed by atoms with Crippen LogP contribution in [0.1, 0.15) is 19.7 Å². The molecule has 0 saturated heterocycles. The fourth-order valence-corrected chi connectivity index (χ4v) is 3.31. The Morgan fingerprint density at radius 1 is 0.871 bits per heavy atom. The zero-order chi connectivity index (χ0) is 22.0. The second-order valence-corrected chi connectivity index (χ2v) is 7.25. The average Bonchev–Trinajstić information content (AvgIpc) is 3.46. The van der Waals surface area contributed by atoms with Gasteiger partial charge in [-0.05, 0) is 83.3 Å². The highest BCUT2D eigenvalue weighted by Gasteiger charge is 2.32. The third kappa shape index (κ3) is 3.89. The largest absolute Gasteiger partial charge is 0.497 e. The Labute approximate surface area is 184 Å². The van der Waals surface area contributed by atoms with Crippen LogP contribution in [0.25, 0.3) is 10.7 Å². The first-order valence-corrected chi connectivity index (χ1v) is 9.89. The van der Waals surface area contributed by atoms with Crippen molar-refractivity contribution in [2.24, 2.45) is 10.4 Å². The first-order valence-electron chi connectivity index (χ1n) is 9.51. The molecule has 0 unspecified atom stereocenters. The molecule has 0 atom stereocenters. The van der Waals surface area contributed by atoms with Gasteiger partial charge in [-0.15, -0.1) is 5.10 Å². The van der Waals surface area contributed by atoms with E-state index < -0.39 is 0 Å². The van der Waals surface area contributed by atoms with E-state index in [4.69, 9.17) is 21.1 Å². The summed E-state index contributed by atoms with van der Waals surface area (Å²) < 4.78 is 12.0. The highest BCUT2D eigenvalue weighted by atomic mass is 35.5. The summed E-state index contributed by atoms with van der Waals surface area (Å²) in [5, 5.41) is 24.3. The van der Waals surface area contributed by atoms with Gasteiger partial charge in [0, 0.05) is 0 Å². The summed E-state index contributed by atoms with van der Waals surface area (Å²) in [6.45, 7) is 3.99. The molecule has 0 N–H and O–H groups in total. The lowest BCUT2D eigenvalue weighted by Crippen LogP contribution is -2.29. The standard InChI is InChI=1S/C20H21ClN8O2/c1-13(2)27-20(29(26-25-27)15-7-11-17(31-4)12-8-15)18(21)19-22-23-24-28(19)14-5-9-16(30-3)10-6-14/h5-13H,1-4H3/b20-18+. The molecule has 11 heteroatoms. The summed E-state index contributed by atoms with van der Waals surface area (Å²) in [7, 11) is 3.23. The smallest absolute Gasteiger partial charge is 0.202 e. The molecule has 0 fully saturated rings. The Kier molecular flexibility index (Phi) is 5.72. The number of benzene rings is 2. The second kappa shape index (κ2) is 8.60. The first-order chi connectivity index (χ1) is 15.0. The van der Waals surface area contributed by atoms with Crippen molar-refractivity contribution in [2.75, 3.05) is 19.2 Å². The van der Waals surface area contributed by atoms with Gasteiger partial charge in [0.1, 0.15) is 16.5 Å². The summed E-state index contributed by atoms with van der Waals surface area (Å²) in [4.78, 5) is 0. The average molecular weight is 441 g/mol. The SMILES string of the molecule is COc1ccc(N2N=NN(C(C)C)/C2=C(\Cl)c2nnnn2-c2ccc(OC)cc2)cc1. The summed E-state index contributed by atoms with van der Waals surface area (Å²) in [6.07, 6.45) is 0. The molecule has 4 rings (SSSR count). The number of methoxy groups -OCH3 is 2. The molecule has 3 aromatic rings. The lowest BCUT2D eigenvalue weighted by molar-refractivity contribution is 0.307. The number of hydrogen-bond donors (Lipinski definition) is 0. The number of rotatable bonds is 6. The maximum atomic E-state index is 6.87. The number of aromatic nitrogens is 4. The van der Waals surface area contributed by atoms with Gasteiger partial charge in [0.2, 0.25) is 5.82 Å². The minimum atomic E-state index is 0.000986. The van der Waals surface area contributed by atoms with Crippen molar-refractivity contribution in [3.63, 3.8) is 0 Å². The molecule has 31 heavy (non-hydrogen) atoms. The van der Waals surface area contributed by atoms with E-state index in [-0.39, 0.29) is 6.04 Å². The zero-order valence-corrected chi connectivity index (χ0v) is 18.2. The van der Waals surface area contributed by atoms with Gasteiger partial charge < -0.3 is 9.47 Å². The highest BCUT2D eigenvalue weighted by Crippen LogP contribution is 2.36. The van der Waals surface area contributed by atoms with Crippen molar-refractivity contribution >= 4 is 22.3 Å². The van der Waals surface area contributed by atoms with Gasteiger partial charge in [-0.1, -0.05) is 11.6 Å². The molecule has 0 amide bonds. The lowest BCUT2D eigenvalue weighted by Gasteiger charge is -2.24. The van der Waals surface area contributed by atoms with Gasteiger partial charge in [-0.25, -0.2) is 5.01 Å². The zero-order valence-electron chi connectivity index (χ0n) is 17.5. The van der Waals surface area contributed by atoms with E-state index in [2.05, 4.69) is 26.0 Å². The Morgan fingerprint density at radius 3 is 2.00 bits per heavy atom. The maximum absolute atomic E-state index is 6.87. The normalized spacial score (nSPS) is 15.0. The van der Waals surface area contributed by atoms with E-state index in [1.165, 1.54) is 0 Å². The second-order valence-electron chi connectivity index (χ2n) is 6.88. The summed E-state index contributed by atoms with van der Waals surface area (Å²) >= 11 is 6.87. The Morgan fingerprint density at radius 2 is 1.45 bits per heavy atom. The monoisotopic (exact) mass is 440 g/mol. The fraction of sp³-hybridized carbons (Fsp3) is 0.250. The molecule has 0 radical (unpaired) electrons. The quantitative estimate of drug-likeness (QED) is 0.570. The van der Waals surface area contributed by atoms with Crippen LogP contribution in [0.5, 0.6) is 11.5 Å². The Hall–Kier alpha value is -3.66. The van der Waals surface area contributed by atoms with Crippen LogP contribution in [0, 0.1) is 0 Å². The molecule has 10 nitrogen and oxygen atoms in total. The van der Waals surface area contributed by atoms with Crippen molar-refractivity contribution in [3.8, 4) is 17.2 Å². The van der Waals surface area contributed by atoms with Crippen molar-refractivity contribution in [2.45, 2.75) is 19.9 Å². The van der Waals surface area contributed by atoms with E-state index in [1.807, 2.05) is 62.4 Å². The molecule has 0 bridgehead atoms. The van der Waals surface area contributed by atoms with Gasteiger partial charge in [0.05, 0.1) is 31.6 Å². The number of ether oxygens (including phenoxy) is 2. The van der Waals surface area contributed by atoms with Crippen LogP contribution in [0.2, 0.25) is 0 Å². The summed E-state index contributed by atoms with van der Waals surface area (Å²) in [5.41, 5.74) is 1.50. The minimum absolute atomic E-state index is 0.000986. The van der Waals surface area contributed by atoms with E-state index in [0.29, 0.717) is 16.7 Å². The Bertz CT molecular complexity index is 1110. The molecule has 1 aromatic heterocycles. The molecule has 0 aliphatic carbocycles. The Balaban J connectivity index is 1.79. The summed E-state index contributed by atoms with van der Waals surface area (Å²) in [5.74, 6) is 2.37. The molecule has 0 spiro atoms. The first kappa shape index (κ1) is 20.6. The van der Waals surface area contributed by atoms with Crippen LogP contribution in [0.15, 0.2) is 64.8 Å². The predicted molar refractivity (Wildman–Crippen MR) is 116 cm³/mol. The van der Waals surface area contributed by atoms with Crippen LogP contribution in [0.4, 0.5) is 5.69 Å². The van der Waals surface area contributed by atoms with Crippen molar-refractivity contribution < 1.29 is 9.47 Å². The molecule has 1 aliphatic rings. The predicted octanol–water partition coefficient (Wildman–Crippen LogP) is 4.06. The van der Waals surface area contributed by atoms with Crippen LogP contribution < -0.4 is 14.5 Å². The molecular weight excluding hydrogens is 420 g/mol. The lowest BCUT2D eigenvalue weighted by atomic mass is 10.2. The number of hydrogen-bond acceptors (Lipinski definition) is 9. The van der Waals surface area contributed by atoms with Crippen LogP contribution in [0.3, 0.4) is 0 Å².